The number of hydrogen-bond donors (Lipinski definition) is 0. The van der Waals surface area contributed by atoms with Crippen molar-refractivity contribution in [2.75, 3.05) is 33.2 Å². The summed E-state index contributed by atoms with van der Waals surface area (Å²) in [6, 6.07) is 0. The molecule has 0 aromatic rings. The summed E-state index contributed by atoms with van der Waals surface area (Å²) in [4.78, 5) is 0. The van der Waals surface area contributed by atoms with E-state index in [9.17, 15) is 13.3 Å². The third-order valence-corrected chi connectivity index (χ3v) is 2.51. The van der Waals surface area contributed by atoms with E-state index < -0.39 is 21.2 Å². The van der Waals surface area contributed by atoms with Gasteiger partial charge in [-0.15, -0.1) is 0 Å². The molecule has 80 valence electrons. The summed E-state index contributed by atoms with van der Waals surface area (Å²) in [6.45, 7) is -0.695. The summed E-state index contributed by atoms with van der Waals surface area (Å²) in [5, 5.41) is 0. The summed E-state index contributed by atoms with van der Waals surface area (Å²) in [7, 11) is -3.73. The Morgan fingerprint density at radius 1 is 1.08 bits per heavy atom. The first-order valence-corrected chi connectivity index (χ1v) is 5.30. The zero-order valence-corrected chi connectivity index (χ0v) is 8.27. The number of alkyl halides is 2. The largest absolute Gasteiger partial charge is 0.474 e. The predicted octanol–water partition coefficient (Wildman–Crippen LogP) is 2.10. The predicted molar refractivity (Wildman–Crippen MR) is 43.1 cm³/mol. The second kappa shape index (κ2) is 7.38. The van der Waals surface area contributed by atoms with E-state index in [-0.39, 0.29) is 19.8 Å². The maximum absolute atomic E-state index is 11.7. The van der Waals surface area contributed by atoms with Gasteiger partial charge in [0.25, 0.3) is 0 Å². The lowest BCUT2D eigenvalue weighted by Crippen LogP contribution is -2.04. The van der Waals surface area contributed by atoms with Gasteiger partial charge in [0.05, 0.1) is 19.8 Å². The van der Waals surface area contributed by atoms with Gasteiger partial charge >= 0.3 is 7.82 Å². The molecule has 7 heteroatoms. The number of rotatable bonds is 8. The lowest BCUT2D eigenvalue weighted by atomic mass is 10.9. The molecule has 0 aromatic heterocycles. The summed E-state index contributed by atoms with van der Waals surface area (Å²) in [6.07, 6.45) is 0. The van der Waals surface area contributed by atoms with Crippen molar-refractivity contribution in [2.45, 2.75) is 6.92 Å². The molecule has 0 fully saturated rings. The van der Waals surface area contributed by atoms with E-state index in [0.29, 0.717) is 0 Å². The molecule has 0 rings (SSSR count). The van der Waals surface area contributed by atoms with Gasteiger partial charge < -0.3 is 0 Å². The number of phosphoric ester groups is 1. The maximum atomic E-state index is 11.7. The van der Waals surface area contributed by atoms with Crippen LogP contribution in [0.1, 0.15) is 6.92 Å². The Morgan fingerprint density at radius 3 is 1.85 bits per heavy atom. The summed E-state index contributed by atoms with van der Waals surface area (Å²) in [5.74, 6) is 0. The van der Waals surface area contributed by atoms with E-state index in [2.05, 4.69) is 13.6 Å². The Hall–Kier alpha value is -0.0300. The highest BCUT2D eigenvalue weighted by molar-refractivity contribution is 7.48. The van der Waals surface area contributed by atoms with Gasteiger partial charge in [-0.05, 0) is 6.92 Å². The fourth-order valence-corrected chi connectivity index (χ4v) is 1.69. The zero-order valence-electron chi connectivity index (χ0n) is 7.37. The van der Waals surface area contributed by atoms with Gasteiger partial charge in [0.1, 0.15) is 13.3 Å². The van der Waals surface area contributed by atoms with E-state index >= 15 is 0 Å². The molecular weight excluding hydrogens is 205 g/mol. The second-order valence-corrected chi connectivity index (χ2v) is 3.58. The van der Waals surface area contributed by atoms with E-state index in [1.165, 1.54) is 0 Å². The molecule has 0 radical (unpaired) electrons. The fraction of sp³-hybridized carbons (Fsp3) is 1.00. The van der Waals surface area contributed by atoms with Crippen molar-refractivity contribution in [3.05, 3.63) is 0 Å². The van der Waals surface area contributed by atoms with Crippen molar-refractivity contribution in [1.82, 2.24) is 0 Å². The lowest BCUT2D eigenvalue weighted by molar-refractivity contribution is 0.106. The van der Waals surface area contributed by atoms with Gasteiger partial charge in [0, 0.05) is 0 Å². The molecule has 0 aliphatic rings. The zero-order chi connectivity index (χ0) is 10.2. The van der Waals surface area contributed by atoms with E-state index in [1.54, 1.807) is 6.92 Å². The van der Waals surface area contributed by atoms with Crippen LogP contribution < -0.4 is 0 Å². The van der Waals surface area contributed by atoms with Gasteiger partial charge in [-0.25, -0.2) is 13.3 Å². The maximum Gasteiger partial charge on any atom is 0.474 e. The minimum absolute atomic E-state index is 0.0931. The molecule has 0 spiro atoms. The average Bonchev–Trinajstić information content (AvgIpc) is 2.12. The molecule has 4 nitrogen and oxygen atoms in total. The van der Waals surface area contributed by atoms with Crippen LogP contribution in [0.4, 0.5) is 8.78 Å². The Labute approximate surface area is 75.8 Å². The molecule has 0 saturated heterocycles. The number of phosphoric acid groups is 1. The average molecular weight is 218 g/mol. The third kappa shape index (κ3) is 6.10. The highest BCUT2D eigenvalue weighted by atomic mass is 31.2. The van der Waals surface area contributed by atoms with Crippen molar-refractivity contribution in [1.29, 1.82) is 0 Å². The van der Waals surface area contributed by atoms with Crippen LogP contribution in [0.5, 0.6) is 0 Å². The van der Waals surface area contributed by atoms with Gasteiger partial charge in [0.15, 0.2) is 0 Å². The first-order chi connectivity index (χ1) is 6.18. The van der Waals surface area contributed by atoms with Crippen LogP contribution in [0, 0.1) is 0 Å². The van der Waals surface area contributed by atoms with Gasteiger partial charge in [-0.2, -0.15) is 0 Å². The Morgan fingerprint density at radius 2 is 1.54 bits per heavy atom. The normalized spacial score (nSPS) is 11.9. The molecule has 0 heterocycles. The molecule has 0 N–H and O–H groups in total. The standard InChI is InChI=1S/C6H13F2O4P/c1-2-10-13(9,11-5-3-7)12-6-4-8/h2-6H2,1H3. The monoisotopic (exact) mass is 218 g/mol. The molecule has 0 atom stereocenters. The van der Waals surface area contributed by atoms with Crippen molar-refractivity contribution < 1.29 is 26.9 Å². The van der Waals surface area contributed by atoms with Gasteiger partial charge in [0.2, 0.25) is 0 Å². The summed E-state index contributed by atoms with van der Waals surface area (Å²) < 4.78 is 48.2. The molecule has 0 aliphatic heterocycles. The highest BCUT2D eigenvalue weighted by Crippen LogP contribution is 2.48. The molecule has 0 aliphatic carbocycles. The van der Waals surface area contributed by atoms with Gasteiger partial charge in [-0.3, -0.25) is 13.6 Å². The van der Waals surface area contributed by atoms with Crippen LogP contribution in [0.3, 0.4) is 0 Å². The quantitative estimate of drug-likeness (QED) is 0.585. The van der Waals surface area contributed by atoms with Crippen molar-refractivity contribution in [3.63, 3.8) is 0 Å². The smallest absolute Gasteiger partial charge is 0.287 e. The Balaban J connectivity index is 3.92. The van der Waals surface area contributed by atoms with Crippen LogP contribution in [0.2, 0.25) is 0 Å². The first kappa shape index (κ1) is 13.0. The molecule has 0 amide bonds. The number of halogens is 2. The molecular formula is C6H13F2O4P. The molecule has 0 saturated carbocycles. The van der Waals surface area contributed by atoms with Crippen LogP contribution in [0.25, 0.3) is 0 Å². The van der Waals surface area contributed by atoms with E-state index in [4.69, 9.17) is 0 Å². The summed E-state index contributed by atoms with van der Waals surface area (Å²) in [5.41, 5.74) is 0. The summed E-state index contributed by atoms with van der Waals surface area (Å²) >= 11 is 0. The molecule has 13 heavy (non-hydrogen) atoms. The molecule has 0 bridgehead atoms. The minimum atomic E-state index is -3.73. The highest BCUT2D eigenvalue weighted by Gasteiger charge is 2.25. The van der Waals surface area contributed by atoms with Crippen LogP contribution in [-0.4, -0.2) is 33.2 Å². The SMILES string of the molecule is CCOP(=O)(OCCF)OCCF. The van der Waals surface area contributed by atoms with Crippen LogP contribution >= 0.6 is 7.82 Å². The van der Waals surface area contributed by atoms with Crippen molar-refractivity contribution in [2.24, 2.45) is 0 Å². The van der Waals surface area contributed by atoms with Crippen molar-refractivity contribution >= 4 is 7.82 Å². The second-order valence-electron chi connectivity index (χ2n) is 1.91. The molecule has 0 aromatic carbocycles. The van der Waals surface area contributed by atoms with E-state index in [1.807, 2.05) is 0 Å². The van der Waals surface area contributed by atoms with Crippen LogP contribution in [-0.2, 0) is 18.1 Å². The van der Waals surface area contributed by atoms with Crippen molar-refractivity contribution in [3.8, 4) is 0 Å². The molecule has 0 unspecified atom stereocenters. The Kier molecular flexibility index (Phi) is 7.36. The Bertz CT molecular complexity index is 155. The van der Waals surface area contributed by atoms with Gasteiger partial charge in [-0.1, -0.05) is 0 Å². The fourth-order valence-electron chi connectivity index (χ4n) is 0.563. The lowest BCUT2D eigenvalue weighted by Gasteiger charge is -2.15. The third-order valence-electron chi connectivity index (χ3n) is 0.940. The van der Waals surface area contributed by atoms with E-state index in [0.717, 1.165) is 0 Å². The number of hydrogen-bond acceptors (Lipinski definition) is 4. The van der Waals surface area contributed by atoms with Crippen LogP contribution in [0.15, 0.2) is 0 Å². The topological polar surface area (TPSA) is 44.8 Å². The first-order valence-electron chi connectivity index (χ1n) is 3.84. The minimum Gasteiger partial charge on any atom is -0.287 e.